The van der Waals surface area contributed by atoms with Gasteiger partial charge in [-0.25, -0.2) is 9.97 Å². The predicted octanol–water partition coefficient (Wildman–Crippen LogP) is 0.908. The predicted molar refractivity (Wildman–Crippen MR) is 59.5 cm³/mol. The molecule has 1 aliphatic heterocycles. The van der Waals surface area contributed by atoms with Crippen molar-refractivity contribution in [1.82, 2.24) is 15.3 Å². The Labute approximate surface area is 95.9 Å². The molecule has 2 atom stereocenters. The Hall–Kier alpha value is -0.520. The fourth-order valence-corrected chi connectivity index (χ4v) is 2.88. The van der Waals surface area contributed by atoms with E-state index in [2.05, 4.69) is 15.3 Å². The quantitative estimate of drug-likeness (QED) is 0.622. The Kier molecular flexibility index (Phi) is 3.33. The number of aryl methyl sites for hydroxylation is 1. The maximum Gasteiger partial charge on any atom is 0.220 e. The van der Waals surface area contributed by atoms with E-state index in [0.29, 0.717) is 10.3 Å². The van der Waals surface area contributed by atoms with E-state index in [1.807, 2.05) is 6.92 Å². The summed E-state index contributed by atoms with van der Waals surface area (Å²) < 4.78 is 12.0. The molecular formula is C9H12ClN3OS. The standard InChI is InChI=1S/C9H12ClN3OS/c1-6-4-12-9(13-8(6)10)15(14)7-2-3-11-5-7/h4,7,11H,2-3,5H2,1H3. The summed E-state index contributed by atoms with van der Waals surface area (Å²) in [5, 5.41) is 4.02. The highest BCUT2D eigenvalue weighted by Gasteiger charge is 2.24. The Morgan fingerprint density at radius 3 is 3.07 bits per heavy atom. The molecule has 15 heavy (non-hydrogen) atoms. The maximum atomic E-state index is 12.0. The summed E-state index contributed by atoms with van der Waals surface area (Å²) in [4.78, 5) is 8.10. The number of hydrogen-bond acceptors (Lipinski definition) is 4. The third kappa shape index (κ3) is 2.35. The molecule has 1 N–H and O–H groups in total. The third-order valence-corrected chi connectivity index (χ3v) is 4.33. The molecule has 0 bridgehead atoms. The van der Waals surface area contributed by atoms with Crippen LogP contribution in [0.4, 0.5) is 0 Å². The molecule has 2 heterocycles. The molecule has 1 aromatic rings. The van der Waals surface area contributed by atoms with Crippen LogP contribution in [0.2, 0.25) is 5.15 Å². The van der Waals surface area contributed by atoms with Gasteiger partial charge in [0.15, 0.2) is 0 Å². The van der Waals surface area contributed by atoms with Gasteiger partial charge in [0.2, 0.25) is 5.16 Å². The van der Waals surface area contributed by atoms with Gasteiger partial charge in [-0.15, -0.1) is 0 Å². The lowest BCUT2D eigenvalue weighted by molar-refractivity contribution is 0.664. The van der Waals surface area contributed by atoms with Gasteiger partial charge in [0.25, 0.3) is 0 Å². The first kappa shape index (κ1) is 11.0. The molecule has 4 nitrogen and oxygen atoms in total. The molecule has 1 saturated heterocycles. The Morgan fingerprint density at radius 1 is 1.67 bits per heavy atom. The van der Waals surface area contributed by atoms with Crippen molar-refractivity contribution < 1.29 is 4.21 Å². The summed E-state index contributed by atoms with van der Waals surface area (Å²) >= 11 is 5.86. The first-order valence-electron chi connectivity index (χ1n) is 4.79. The highest BCUT2D eigenvalue weighted by atomic mass is 35.5. The summed E-state index contributed by atoms with van der Waals surface area (Å²) in [6, 6.07) is 0. The minimum absolute atomic E-state index is 0.115. The molecule has 1 fully saturated rings. The molecule has 0 spiro atoms. The highest BCUT2D eigenvalue weighted by Crippen LogP contribution is 2.16. The summed E-state index contributed by atoms with van der Waals surface area (Å²) in [6.45, 7) is 3.50. The average Bonchev–Trinajstić information content (AvgIpc) is 2.74. The first-order chi connectivity index (χ1) is 7.18. The van der Waals surface area contributed by atoms with Gasteiger partial charge in [-0.2, -0.15) is 0 Å². The second-order valence-electron chi connectivity index (χ2n) is 3.54. The zero-order valence-corrected chi connectivity index (χ0v) is 9.94. The summed E-state index contributed by atoms with van der Waals surface area (Å²) in [5.74, 6) is 0. The van der Waals surface area contributed by atoms with Crippen molar-refractivity contribution in [1.29, 1.82) is 0 Å². The van der Waals surface area contributed by atoms with Crippen LogP contribution in [0.25, 0.3) is 0 Å². The van der Waals surface area contributed by atoms with Gasteiger partial charge >= 0.3 is 0 Å². The van der Waals surface area contributed by atoms with Gasteiger partial charge in [0, 0.05) is 18.3 Å². The van der Waals surface area contributed by atoms with Crippen LogP contribution in [0.5, 0.6) is 0 Å². The Balaban J connectivity index is 2.21. The third-order valence-electron chi connectivity index (χ3n) is 2.39. The van der Waals surface area contributed by atoms with Gasteiger partial charge in [0.05, 0.1) is 16.0 Å². The largest absolute Gasteiger partial charge is 0.315 e. The normalized spacial score (nSPS) is 22.9. The molecule has 1 aromatic heterocycles. The van der Waals surface area contributed by atoms with Crippen molar-refractivity contribution in [3.63, 3.8) is 0 Å². The van der Waals surface area contributed by atoms with Gasteiger partial charge in [-0.1, -0.05) is 11.6 Å². The Morgan fingerprint density at radius 2 is 2.47 bits per heavy atom. The topological polar surface area (TPSA) is 54.9 Å². The van der Waals surface area contributed by atoms with Crippen LogP contribution in [0.1, 0.15) is 12.0 Å². The van der Waals surface area contributed by atoms with E-state index in [1.54, 1.807) is 6.20 Å². The molecule has 2 unspecified atom stereocenters. The number of hydrogen-bond donors (Lipinski definition) is 1. The molecule has 0 aliphatic carbocycles. The van der Waals surface area contributed by atoms with Gasteiger partial charge in [0.1, 0.15) is 5.15 Å². The summed E-state index contributed by atoms with van der Waals surface area (Å²) in [6.07, 6.45) is 2.52. The molecule has 0 amide bonds. The fourth-order valence-electron chi connectivity index (χ4n) is 1.46. The molecule has 2 rings (SSSR count). The minimum atomic E-state index is -1.15. The van der Waals surface area contributed by atoms with Crippen molar-refractivity contribution in [3.05, 3.63) is 16.9 Å². The Bertz CT molecular complexity index is 393. The second-order valence-corrected chi connectivity index (χ2v) is 5.52. The molecule has 0 aromatic carbocycles. The molecule has 6 heteroatoms. The summed E-state index contributed by atoms with van der Waals surface area (Å²) in [5.41, 5.74) is 0.807. The fraction of sp³-hybridized carbons (Fsp3) is 0.556. The lowest BCUT2D eigenvalue weighted by atomic mass is 10.4. The van der Waals surface area contributed by atoms with Gasteiger partial charge in [-0.3, -0.25) is 4.21 Å². The van der Waals surface area contributed by atoms with Crippen LogP contribution < -0.4 is 5.32 Å². The lowest BCUT2D eigenvalue weighted by Crippen LogP contribution is -2.20. The minimum Gasteiger partial charge on any atom is -0.315 e. The van der Waals surface area contributed by atoms with E-state index in [0.717, 1.165) is 25.1 Å². The van der Waals surface area contributed by atoms with E-state index in [-0.39, 0.29) is 5.25 Å². The van der Waals surface area contributed by atoms with Gasteiger partial charge < -0.3 is 5.32 Å². The average molecular weight is 246 g/mol. The van der Waals surface area contributed by atoms with Crippen LogP contribution in [0, 0.1) is 6.92 Å². The van der Waals surface area contributed by atoms with Crippen LogP contribution in [0.15, 0.2) is 11.4 Å². The van der Waals surface area contributed by atoms with Crippen LogP contribution in [-0.2, 0) is 10.8 Å². The monoisotopic (exact) mass is 245 g/mol. The van der Waals surface area contributed by atoms with E-state index < -0.39 is 10.8 Å². The van der Waals surface area contributed by atoms with Crippen LogP contribution >= 0.6 is 11.6 Å². The lowest BCUT2D eigenvalue weighted by Gasteiger charge is -2.07. The number of halogens is 1. The highest BCUT2D eigenvalue weighted by molar-refractivity contribution is 7.85. The number of nitrogens with one attached hydrogen (secondary N) is 1. The van der Waals surface area contributed by atoms with Gasteiger partial charge in [-0.05, 0) is 19.9 Å². The van der Waals surface area contributed by atoms with Crippen LogP contribution in [0.3, 0.4) is 0 Å². The number of nitrogens with zero attached hydrogens (tertiary/aromatic N) is 2. The molecular weight excluding hydrogens is 234 g/mol. The van der Waals surface area contributed by atoms with E-state index in [1.165, 1.54) is 0 Å². The van der Waals surface area contributed by atoms with Crippen molar-refractivity contribution >= 4 is 22.4 Å². The van der Waals surface area contributed by atoms with E-state index in [4.69, 9.17) is 11.6 Å². The van der Waals surface area contributed by atoms with E-state index >= 15 is 0 Å². The zero-order chi connectivity index (χ0) is 10.8. The van der Waals surface area contributed by atoms with Crippen molar-refractivity contribution in [2.45, 2.75) is 23.8 Å². The first-order valence-corrected chi connectivity index (χ1v) is 6.38. The maximum absolute atomic E-state index is 12.0. The second kappa shape index (κ2) is 4.55. The molecule has 82 valence electrons. The van der Waals surface area contributed by atoms with Crippen LogP contribution in [-0.4, -0.2) is 32.5 Å². The summed E-state index contributed by atoms with van der Waals surface area (Å²) in [7, 11) is -1.15. The smallest absolute Gasteiger partial charge is 0.220 e. The van der Waals surface area contributed by atoms with Crippen molar-refractivity contribution in [2.24, 2.45) is 0 Å². The number of rotatable bonds is 2. The zero-order valence-electron chi connectivity index (χ0n) is 8.36. The molecule has 1 aliphatic rings. The van der Waals surface area contributed by atoms with Crippen molar-refractivity contribution in [3.8, 4) is 0 Å². The molecule has 0 radical (unpaired) electrons. The SMILES string of the molecule is Cc1cnc(S(=O)C2CCNC2)nc1Cl. The van der Waals surface area contributed by atoms with Crippen molar-refractivity contribution in [2.75, 3.05) is 13.1 Å². The molecule has 0 saturated carbocycles. The number of aromatic nitrogens is 2. The van der Waals surface area contributed by atoms with E-state index in [9.17, 15) is 4.21 Å².